The summed E-state index contributed by atoms with van der Waals surface area (Å²) in [4.78, 5) is 16.4. The lowest BCUT2D eigenvalue weighted by atomic mass is 9.93. The number of terminal acetylenes is 1. The Morgan fingerprint density at radius 3 is 2.75 bits per heavy atom. The molecule has 8 heteroatoms. The van der Waals surface area contributed by atoms with E-state index in [2.05, 4.69) is 25.9 Å². The lowest BCUT2D eigenvalue weighted by Crippen LogP contribution is -2.30. The van der Waals surface area contributed by atoms with Crippen LogP contribution in [0.2, 0.25) is 0 Å². The van der Waals surface area contributed by atoms with E-state index in [-0.39, 0.29) is 5.95 Å². The van der Waals surface area contributed by atoms with Crippen molar-refractivity contribution >= 4 is 17.0 Å². The zero-order valence-corrected chi connectivity index (χ0v) is 13.2. The van der Waals surface area contributed by atoms with Crippen molar-refractivity contribution in [3.05, 3.63) is 35.9 Å². The molecule has 0 amide bonds. The van der Waals surface area contributed by atoms with Gasteiger partial charge in [0.2, 0.25) is 11.9 Å². The third-order valence-electron chi connectivity index (χ3n) is 3.76. The van der Waals surface area contributed by atoms with Gasteiger partial charge in [0.1, 0.15) is 18.3 Å². The summed E-state index contributed by atoms with van der Waals surface area (Å²) < 4.78 is 1.69. The highest BCUT2D eigenvalue weighted by molar-refractivity contribution is 5.78. The number of hydrogen-bond acceptors (Lipinski definition) is 7. The maximum Gasteiger partial charge on any atom is 0.240 e. The van der Waals surface area contributed by atoms with Crippen LogP contribution in [0.15, 0.2) is 24.5 Å². The van der Waals surface area contributed by atoms with E-state index in [0.29, 0.717) is 28.4 Å². The van der Waals surface area contributed by atoms with Gasteiger partial charge in [0.25, 0.3) is 0 Å². The predicted molar refractivity (Wildman–Crippen MR) is 88.0 cm³/mol. The number of aliphatic hydroxyl groups excluding tert-OH is 1. The maximum absolute atomic E-state index is 10.3. The topological polar surface area (TPSA) is 123 Å². The molecule has 0 bridgehead atoms. The molecule has 122 valence electrons. The van der Waals surface area contributed by atoms with Crippen LogP contribution >= 0.6 is 0 Å². The Bertz CT molecular complexity index is 957. The van der Waals surface area contributed by atoms with Crippen LogP contribution in [0.25, 0.3) is 17.0 Å². The highest BCUT2D eigenvalue weighted by Crippen LogP contribution is 2.29. The van der Waals surface area contributed by atoms with Gasteiger partial charge in [0.05, 0.1) is 11.0 Å². The molecule has 0 saturated carbocycles. The van der Waals surface area contributed by atoms with Gasteiger partial charge in [-0.15, -0.1) is 6.42 Å². The van der Waals surface area contributed by atoms with Crippen LogP contribution in [0.5, 0.6) is 0 Å². The smallest absolute Gasteiger partial charge is 0.240 e. The number of aliphatic hydroxyl groups is 2. The molecular weight excluding hydrogens is 308 g/mol. The molecule has 0 radical (unpaired) electrons. The van der Waals surface area contributed by atoms with Crippen LogP contribution in [0.4, 0.5) is 5.95 Å². The van der Waals surface area contributed by atoms with Crippen LogP contribution in [0.3, 0.4) is 0 Å². The molecule has 2 aromatic heterocycles. The quantitative estimate of drug-likeness (QED) is 0.600. The number of nitrogens with two attached hydrogens (primary N) is 1. The van der Waals surface area contributed by atoms with Crippen molar-refractivity contribution in [1.29, 1.82) is 0 Å². The average molecular weight is 324 g/mol. The van der Waals surface area contributed by atoms with Gasteiger partial charge in [-0.25, -0.2) is 15.0 Å². The molecular formula is C16H16N6O2. The normalized spacial score (nSPS) is 15.0. The minimum absolute atomic E-state index is 0.0905. The largest absolute Gasteiger partial charge is 0.384 e. The molecule has 0 aliphatic rings. The van der Waals surface area contributed by atoms with E-state index in [0.717, 1.165) is 0 Å². The number of rotatable bonds is 3. The van der Waals surface area contributed by atoms with Crippen molar-refractivity contribution in [2.75, 3.05) is 5.73 Å². The fraction of sp³-hybridized carbons (Fsp3) is 0.250. The molecule has 1 aromatic carbocycles. The first-order valence-corrected chi connectivity index (χ1v) is 7.15. The highest BCUT2D eigenvalue weighted by Gasteiger charge is 2.29. The van der Waals surface area contributed by atoms with Gasteiger partial charge < -0.3 is 15.9 Å². The second-order valence-corrected chi connectivity index (χ2v) is 5.58. The molecule has 3 aromatic rings. The van der Waals surface area contributed by atoms with Crippen molar-refractivity contribution < 1.29 is 10.2 Å². The summed E-state index contributed by atoms with van der Waals surface area (Å²) in [5.41, 5.74) is 5.72. The number of anilines is 1. The van der Waals surface area contributed by atoms with Crippen molar-refractivity contribution in [2.24, 2.45) is 0 Å². The number of nitrogens with zero attached hydrogens (tertiary/aromatic N) is 5. The summed E-state index contributed by atoms with van der Waals surface area (Å²) in [7, 11) is 0. The maximum atomic E-state index is 10.3. The molecule has 2 unspecified atom stereocenters. The van der Waals surface area contributed by atoms with Gasteiger partial charge in [-0.2, -0.15) is 4.98 Å². The number of imidazole rings is 1. The van der Waals surface area contributed by atoms with E-state index >= 15 is 0 Å². The van der Waals surface area contributed by atoms with Gasteiger partial charge in [-0.3, -0.25) is 4.57 Å². The van der Waals surface area contributed by atoms with Gasteiger partial charge in [0.15, 0.2) is 5.60 Å². The first-order chi connectivity index (χ1) is 11.3. The Kier molecular flexibility index (Phi) is 3.67. The minimum atomic E-state index is -1.69. The number of nitrogen functional groups attached to an aromatic ring is 1. The Hall–Kier alpha value is -3.02. The number of aromatic nitrogens is 5. The molecule has 0 fully saturated rings. The number of hydrogen-bond donors (Lipinski definition) is 3. The number of benzene rings is 1. The zero-order valence-electron chi connectivity index (χ0n) is 13.2. The first-order valence-electron chi connectivity index (χ1n) is 7.15. The minimum Gasteiger partial charge on any atom is -0.384 e. The molecule has 2 heterocycles. The summed E-state index contributed by atoms with van der Waals surface area (Å²) in [6, 6.07) is 5.08. The Morgan fingerprint density at radius 1 is 1.33 bits per heavy atom. The van der Waals surface area contributed by atoms with Crippen LogP contribution < -0.4 is 5.73 Å². The highest BCUT2D eigenvalue weighted by atomic mass is 16.3. The summed E-state index contributed by atoms with van der Waals surface area (Å²) in [5, 5.41) is 20.4. The molecule has 3 rings (SSSR count). The average Bonchev–Trinajstić information content (AvgIpc) is 2.88. The Balaban J connectivity index is 2.20. The van der Waals surface area contributed by atoms with E-state index < -0.39 is 11.7 Å². The second-order valence-electron chi connectivity index (χ2n) is 5.58. The Labute approximate surface area is 138 Å². The lowest BCUT2D eigenvalue weighted by molar-refractivity contribution is -0.0203. The third-order valence-corrected chi connectivity index (χ3v) is 3.76. The first kappa shape index (κ1) is 15.9. The molecule has 0 aliphatic heterocycles. The number of fused-ring (bicyclic) bond motifs is 1. The predicted octanol–water partition coefficient (Wildman–Crippen LogP) is 0.519. The van der Waals surface area contributed by atoms with Crippen molar-refractivity contribution in [3.63, 3.8) is 0 Å². The summed E-state index contributed by atoms with van der Waals surface area (Å²) in [6.45, 7) is 3.17. The van der Waals surface area contributed by atoms with Crippen molar-refractivity contribution in [1.82, 2.24) is 24.5 Å². The van der Waals surface area contributed by atoms with Crippen molar-refractivity contribution in [2.45, 2.75) is 25.6 Å². The van der Waals surface area contributed by atoms with Gasteiger partial charge in [-0.05, 0) is 31.5 Å². The van der Waals surface area contributed by atoms with Crippen LogP contribution in [0.1, 0.15) is 24.4 Å². The fourth-order valence-electron chi connectivity index (χ4n) is 2.45. The molecule has 8 nitrogen and oxygen atoms in total. The summed E-state index contributed by atoms with van der Waals surface area (Å²) in [5.74, 6) is 3.23. The monoisotopic (exact) mass is 324 g/mol. The number of aryl methyl sites for hydroxylation is 1. The molecule has 24 heavy (non-hydrogen) atoms. The molecule has 2 atom stereocenters. The van der Waals surface area contributed by atoms with Crippen LogP contribution in [-0.2, 0) is 0 Å². The Morgan fingerprint density at radius 2 is 2.08 bits per heavy atom. The SMILES string of the molecule is C#CC(C)(O)C(O)c1ccc2nc(C)n(-c3ncnc(N)n3)c2c1. The molecule has 0 saturated heterocycles. The van der Waals surface area contributed by atoms with E-state index in [1.165, 1.54) is 13.3 Å². The lowest BCUT2D eigenvalue weighted by Gasteiger charge is -2.23. The zero-order chi connectivity index (χ0) is 17.5. The van der Waals surface area contributed by atoms with Gasteiger partial charge in [-0.1, -0.05) is 12.0 Å². The summed E-state index contributed by atoms with van der Waals surface area (Å²) >= 11 is 0. The van der Waals surface area contributed by atoms with Gasteiger partial charge >= 0.3 is 0 Å². The van der Waals surface area contributed by atoms with E-state index in [1.54, 1.807) is 29.7 Å². The molecule has 4 N–H and O–H groups in total. The van der Waals surface area contributed by atoms with E-state index in [4.69, 9.17) is 12.2 Å². The van der Waals surface area contributed by atoms with Gasteiger partial charge in [0, 0.05) is 0 Å². The molecule has 0 spiro atoms. The van der Waals surface area contributed by atoms with E-state index in [1.807, 2.05) is 0 Å². The molecule has 0 aliphatic carbocycles. The third kappa shape index (κ3) is 2.56. The van der Waals surface area contributed by atoms with E-state index in [9.17, 15) is 10.2 Å². The fourth-order valence-corrected chi connectivity index (χ4v) is 2.45. The summed E-state index contributed by atoms with van der Waals surface area (Å²) in [6.07, 6.45) is 5.34. The standard InChI is InChI=1S/C16H16N6O2/c1-4-16(3,24)13(23)10-5-6-11-12(7-10)22(9(2)20-11)15-19-8-18-14(17)21-15/h1,5-8,13,23-24H,2-3H3,(H2,17,18,19,21). The second kappa shape index (κ2) is 5.56. The van der Waals surface area contributed by atoms with Crippen LogP contribution in [0, 0.1) is 19.3 Å². The van der Waals surface area contributed by atoms with Crippen LogP contribution in [-0.4, -0.2) is 40.3 Å². The van der Waals surface area contributed by atoms with Crippen molar-refractivity contribution in [3.8, 4) is 18.3 Å².